The summed E-state index contributed by atoms with van der Waals surface area (Å²) in [5.41, 5.74) is 0. The Labute approximate surface area is 91.7 Å². The fourth-order valence-corrected chi connectivity index (χ4v) is 1.85. The minimum Gasteiger partial charge on any atom is -0.251 e. The predicted octanol–water partition coefficient (Wildman–Crippen LogP) is 4.05. The zero-order chi connectivity index (χ0) is 11.0. The summed E-state index contributed by atoms with van der Waals surface area (Å²) in [6.07, 6.45) is 6.31. The van der Waals surface area contributed by atoms with Crippen LogP contribution >= 0.6 is 11.8 Å². The van der Waals surface area contributed by atoms with Crippen molar-refractivity contribution in [1.29, 1.82) is 0 Å². The summed E-state index contributed by atoms with van der Waals surface area (Å²) >= 11 is 1.70. The van der Waals surface area contributed by atoms with Crippen molar-refractivity contribution in [3.63, 3.8) is 0 Å². The molecule has 0 spiro atoms. The van der Waals surface area contributed by atoms with E-state index in [1.54, 1.807) is 24.1 Å². The molecule has 0 aliphatic heterocycles. The van der Waals surface area contributed by atoms with Crippen molar-refractivity contribution in [3.8, 4) is 0 Å². The number of thioether (sulfide) groups is 1. The summed E-state index contributed by atoms with van der Waals surface area (Å²) in [5.74, 6) is 0.605. The standard InChI is InChI=1S/C12H19NS/c1-6-8-10(3)11(4)14-12(5)13-9-7-2/h6-7,9-11H,1-2,5,8H2,3-4H3/b13-9-. The highest BCUT2D eigenvalue weighted by Crippen LogP contribution is 2.27. The van der Waals surface area contributed by atoms with Gasteiger partial charge >= 0.3 is 0 Å². The Hall–Kier alpha value is -0.760. The zero-order valence-electron chi connectivity index (χ0n) is 9.07. The van der Waals surface area contributed by atoms with Crippen molar-refractivity contribution in [2.75, 3.05) is 0 Å². The zero-order valence-corrected chi connectivity index (χ0v) is 9.89. The van der Waals surface area contributed by atoms with E-state index < -0.39 is 0 Å². The second kappa shape index (κ2) is 7.63. The van der Waals surface area contributed by atoms with E-state index in [9.17, 15) is 0 Å². The number of hydrogen-bond donors (Lipinski definition) is 0. The molecule has 0 saturated carbocycles. The van der Waals surface area contributed by atoms with Crippen molar-refractivity contribution in [2.24, 2.45) is 10.9 Å². The Bertz CT molecular complexity index is 230. The van der Waals surface area contributed by atoms with Gasteiger partial charge in [-0.1, -0.05) is 39.2 Å². The van der Waals surface area contributed by atoms with Gasteiger partial charge in [-0.3, -0.25) is 4.99 Å². The van der Waals surface area contributed by atoms with Crippen LogP contribution in [0.5, 0.6) is 0 Å². The van der Waals surface area contributed by atoms with Crippen LogP contribution < -0.4 is 0 Å². The van der Waals surface area contributed by atoms with E-state index in [0.717, 1.165) is 11.4 Å². The molecule has 0 aromatic rings. The lowest BCUT2D eigenvalue weighted by molar-refractivity contribution is 0.588. The molecule has 0 N–H and O–H groups in total. The first-order chi connectivity index (χ1) is 6.61. The molecule has 0 fully saturated rings. The van der Waals surface area contributed by atoms with Crippen LogP contribution in [-0.4, -0.2) is 11.5 Å². The minimum absolute atomic E-state index is 0.516. The molecule has 1 nitrogen and oxygen atoms in total. The maximum Gasteiger partial charge on any atom is 0.0890 e. The van der Waals surface area contributed by atoms with E-state index in [-0.39, 0.29) is 0 Å². The van der Waals surface area contributed by atoms with Crippen LogP contribution in [0.15, 0.2) is 41.9 Å². The van der Waals surface area contributed by atoms with Crippen LogP contribution in [0.4, 0.5) is 0 Å². The number of aliphatic imine (C=N–C) groups is 1. The van der Waals surface area contributed by atoms with Gasteiger partial charge in [0, 0.05) is 11.5 Å². The van der Waals surface area contributed by atoms with Crippen molar-refractivity contribution < 1.29 is 0 Å². The van der Waals surface area contributed by atoms with Crippen molar-refractivity contribution in [1.82, 2.24) is 0 Å². The van der Waals surface area contributed by atoms with Crippen LogP contribution in [0, 0.1) is 5.92 Å². The van der Waals surface area contributed by atoms with Gasteiger partial charge in [0.25, 0.3) is 0 Å². The quantitative estimate of drug-likeness (QED) is 0.455. The van der Waals surface area contributed by atoms with Crippen LogP contribution in [-0.2, 0) is 0 Å². The third kappa shape index (κ3) is 5.81. The normalized spacial score (nSPS) is 15.0. The van der Waals surface area contributed by atoms with Gasteiger partial charge in [-0.05, 0) is 12.3 Å². The van der Waals surface area contributed by atoms with Gasteiger partial charge in [-0.15, -0.1) is 18.3 Å². The summed E-state index contributed by atoms with van der Waals surface area (Å²) in [5, 5.41) is 1.36. The number of allylic oxidation sites excluding steroid dienone is 2. The van der Waals surface area contributed by atoms with Gasteiger partial charge in [-0.25, -0.2) is 0 Å². The fraction of sp³-hybridized carbons (Fsp3) is 0.417. The van der Waals surface area contributed by atoms with Gasteiger partial charge in [-0.2, -0.15) is 0 Å². The molecule has 0 amide bonds. The van der Waals surface area contributed by atoms with Gasteiger partial charge in [0.15, 0.2) is 0 Å². The van der Waals surface area contributed by atoms with E-state index in [2.05, 4.69) is 38.6 Å². The predicted molar refractivity (Wildman–Crippen MR) is 68.9 cm³/mol. The summed E-state index contributed by atoms with van der Waals surface area (Å²) < 4.78 is 0. The molecule has 0 rings (SSSR count). The second-order valence-electron chi connectivity index (χ2n) is 3.23. The lowest BCUT2D eigenvalue weighted by atomic mass is 10.1. The van der Waals surface area contributed by atoms with E-state index in [4.69, 9.17) is 0 Å². The molecule has 0 radical (unpaired) electrons. The van der Waals surface area contributed by atoms with Gasteiger partial charge in [0.05, 0.1) is 5.03 Å². The Morgan fingerprint density at radius 1 is 1.43 bits per heavy atom. The van der Waals surface area contributed by atoms with Crippen LogP contribution in [0.1, 0.15) is 20.3 Å². The molecule has 0 aliphatic carbocycles. The SMILES string of the molecule is C=C/C=N\C(=C)SC(C)C(C)CC=C. The van der Waals surface area contributed by atoms with Gasteiger partial charge in [0.1, 0.15) is 0 Å². The van der Waals surface area contributed by atoms with Crippen molar-refractivity contribution in [2.45, 2.75) is 25.5 Å². The van der Waals surface area contributed by atoms with Gasteiger partial charge < -0.3 is 0 Å². The summed E-state index contributed by atoms with van der Waals surface area (Å²) in [4.78, 5) is 4.12. The first-order valence-electron chi connectivity index (χ1n) is 4.73. The third-order valence-corrected chi connectivity index (χ3v) is 3.20. The summed E-state index contributed by atoms with van der Waals surface area (Å²) in [6.45, 7) is 15.6. The molecule has 2 atom stereocenters. The van der Waals surface area contributed by atoms with E-state index in [0.29, 0.717) is 11.2 Å². The molecule has 78 valence electrons. The summed E-state index contributed by atoms with van der Waals surface area (Å²) in [6, 6.07) is 0. The second-order valence-corrected chi connectivity index (χ2v) is 4.68. The molecule has 2 heteroatoms. The first kappa shape index (κ1) is 13.2. The molecule has 0 aromatic heterocycles. The van der Waals surface area contributed by atoms with Crippen LogP contribution in [0.3, 0.4) is 0 Å². The number of hydrogen-bond acceptors (Lipinski definition) is 2. The molecule has 0 aromatic carbocycles. The molecule has 2 unspecified atom stereocenters. The Morgan fingerprint density at radius 3 is 2.57 bits per heavy atom. The van der Waals surface area contributed by atoms with Crippen LogP contribution in [0.25, 0.3) is 0 Å². The molecule has 0 heterocycles. The van der Waals surface area contributed by atoms with E-state index in [1.165, 1.54) is 0 Å². The molecular weight excluding hydrogens is 190 g/mol. The topological polar surface area (TPSA) is 12.4 Å². The number of nitrogens with zero attached hydrogens (tertiary/aromatic N) is 1. The highest BCUT2D eigenvalue weighted by molar-refractivity contribution is 8.03. The molecular formula is C12H19NS. The van der Waals surface area contributed by atoms with Crippen molar-refractivity contribution in [3.05, 3.63) is 36.9 Å². The smallest absolute Gasteiger partial charge is 0.0890 e. The van der Waals surface area contributed by atoms with E-state index in [1.807, 2.05) is 6.08 Å². The third-order valence-electron chi connectivity index (χ3n) is 1.99. The summed E-state index contributed by atoms with van der Waals surface area (Å²) in [7, 11) is 0. The maximum atomic E-state index is 4.12. The first-order valence-corrected chi connectivity index (χ1v) is 5.61. The maximum absolute atomic E-state index is 4.12. The average Bonchev–Trinajstić information content (AvgIpc) is 2.15. The van der Waals surface area contributed by atoms with E-state index >= 15 is 0 Å². The highest BCUT2D eigenvalue weighted by Gasteiger charge is 2.11. The molecule has 0 aliphatic rings. The lowest BCUT2D eigenvalue weighted by Gasteiger charge is -2.17. The Balaban J connectivity index is 3.97. The lowest BCUT2D eigenvalue weighted by Crippen LogP contribution is -2.08. The Morgan fingerprint density at radius 2 is 2.07 bits per heavy atom. The largest absolute Gasteiger partial charge is 0.251 e. The van der Waals surface area contributed by atoms with Crippen molar-refractivity contribution >= 4 is 18.0 Å². The number of rotatable bonds is 7. The highest BCUT2D eigenvalue weighted by atomic mass is 32.2. The molecule has 0 bridgehead atoms. The minimum atomic E-state index is 0.516. The average molecular weight is 209 g/mol. The Kier molecular flexibility index (Phi) is 7.21. The van der Waals surface area contributed by atoms with Crippen LogP contribution in [0.2, 0.25) is 0 Å². The molecule has 0 saturated heterocycles. The molecule has 14 heavy (non-hydrogen) atoms. The fourth-order valence-electron chi connectivity index (χ4n) is 0.952. The monoisotopic (exact) mass is 209 g/mol. The van der Waals surface area contributed by atoms with Gasteiger partial charge in [0.2, 0.25) is 0 Å².